The average molecular weight is 331 g/mol. The van der Waals surface area contributed by atoms with Crippen molar-refractivity contribution in [1.82, 2.24) is 10.6 Å². The summed E-state index contributed by atoms with van der Waals surface area (Å²) in [5, 5.41) is 6.12. The van der Waals surface area contributed by atoms with Crippen molar-refractivity contribution in [3.05, 3.63) is 35.9 Å². The number of hydrogen-bond donors (Lipinski definition) is 2. The normalized spacial score (nSPS) is 15.5. The summed E-state index contributed by atoms with van der Waals surface area (Å²) in [6, 6.07) is 8.61. The Morgan fingerprint density at radius 2 is 1.92 bits per heavy atom. The second-order valence-electron chi connectivity index (χ2n) is 6.95. The number of benzene rings is 1. The Balaban J connectivity index is 1.71. The van der Waals surface area contributed by atoms with Crippen LogP contribution in [0.25, 0.3) is 6.08 Å². The molecule has 0 unspecified atom stereocenters. The van der Waals surface area contributed by atoms with Gasteiger partial charge in [0.2, 0.25) is 0 Å². The van der Waals surface area contributed by atoms with Gasteiger partial charge < -0.3 is 20.3 Å². The summed E-state index contributed by atoms with van der Waals surface area (Å²) in [5.41, 5.74) is 2.00. The smallest absolute Gasteiger partial charge is 0.407 e. The Morgan fingerprint density at radius 1 is 1.25 bits per heavy atom. The molecule has 132 valence electrons. The number of ether oxygens (including phenoxy) is 1. The van der Waals surface area contributed by atoms with Crippen LogP contribution in [0.3, 0.4) is 0 Å². The number of anilines is 1. The van der Waals surface area contributed by atoms with Gasteiger partial charge in [0.05, 0.1) is 0 Å². The first-order valence-electron chi connectivity index (χ1n) is 8.63. The molecule has 1 amide bonds. The molecule has 1 aromatic rings. The van der Waals surface area contributed by atoms with Crippen molar-refractivity contribution < 1.29 is 9.53 Å². The molecule has 0 radical (unpaired) electrons. The van der Waals surface area contributed by atoms with E-state index in [0.29, 0.717) is 6.54 Å². The molecule has 0 saturated carbocycles. The highest BCUT2D eigenvalue weighted by Crippen LogP contribution is 2.16. The Labute approximate surface area is 145 Å². The van der Waals surface area contributed by atoms with Gasteiger partial charge in [-0.25, -0.2) is 4.79 Å². The average Bonchev–Trinajstić information content (AvgIpc) is 2.54. The molecule has 0 spiro atoms. The zero-order valence-corrected chi connectivity index (χ0v) is 15.0. The molecule has 2 rings (SSSR count). The Hall–Kier alpha value is -2.01. The lowest BCUT2D eigenvalue weighted by molar-refractivity contribution is 0.0529. The molecular weight excluding hydrogens is 302 g/mol. The Morgan fingerprint density at radius 3 is 2.54 bits per heavy atom. The summed E-state index contributed by atoms with van der Waals surface area (Å²) in [7, 11) is 0. The predicted octanol–water partition coefficient (Wildman–Crippen LogP) is 3.02. The van der Waals surface area contributed by atoms with Crippen molar-refractivity contribution in [1.29, 1.82) is 0 Å². The highest BCUT2D eigenvalue weighted by Gasteiger charge is 2.15. The monoisotopic (exact) mass is 331 g/mol. The van der Waals surface area contributed by atoms with Crippen molar-refractivity contribution in [2.24, 2.45) is 0 Å². The summed E-state index contributed by atoms with van der Waals surface area (Å²) in [4.78, 5) is 13.9. The topological polar surface area (TPSA) is 53.6 Å². The van der Waals surface area contributed by atoms with Gasteiger partial charge in [-0.2, -0.15) is 0 Å². The molecule has 1 aliphatic heterocycles. The summed E-state index contributed by atoms with van der Waals surface area (Å²) in [5.74, 6) is 0. The van der Waals surface area contributed by atoms with E-state index in [9.17, 15) is 4.79 Å². The zero-order valence-electron chi connectivity index (χ0n) is 15.0. The Kier molecular flexibility index (Phi) is 6.67. The second kappa shape index (κ2) is 8.73. The zero-order chi connectivity index (χ0) is 17.4. The third kappa shape index (κ3) is 6.62. The first kappa shape index (κ1) is 18.3. The number of hydrogen-bond acceptors (Lipinski definition) is 4. The van der Waals surface area contributed by atoms with E-state index in [1.54, 1.807) is 0 Å². The minimum absolute atomic E-state index is 0.365. The van der Waals surface area contributed by atoms with E-state index >= 15 is 0 Å². The fourth-order valence-corrected chi connectivity index (χ4v) is 2.51. The lowest BCUT2D eigenvalue weighted by Gasteiger charge is -2.29. The van der Waals surface area contributed by atoms with Gasteiger partial charge in [-0.05, 0) is 44.9 Å². The van der Waals surface area contributed by atoms with E-state index in [4.69, 9.17) is 4.74 Å². The molecule has 2 N–H and O–H groups in total. The van der Waals surface area contributed by atoms with Crippen LogP contribution in [0, 0.1) is 0 Å². The molecule has 1 saturated heterocycles. The lowest BCUT2D eigenvalue weighted by atomic mass is 10.1. The highest BCUT2D eigenvalue weighted by atomic mass is 16.6. The molecule has 0 aliphatic carbocycles. The van der Waals surface area contributed by atoms with Crippen molar-refractivity contribution >= 4 is 17.9 Å². The molecular formula is C19H29N3O2. The van der Waals surface area contributed by atoms with Gasteiger partial charge in [0.1, 0.15) is 5.60 Å². The molecule has 5 nitrogen and oxygen atoms in total. The number of carbonyl (C=O) groups excluding carboxylic acids is 1. The Bertz CT molecular complexity index is 541. The third-order valence-corrected chi connectivity index (χ3v) is 3.66. The third-order valence-electron chi connectivity index (χ3n) is 3.66. The first-order chi connectivity index (χ1) is 11.4. The van der Waals surface area contributed by atoms with Crippen LogP contribution in [-0.2, 0) is 4.74 Å². The summed E-state index contributed by atoms with van der Waals surface area (Å²) in [6.45, 7) is 10.4. The largest absolute Gasteiger partial charge is 0.444 e. The summed E-state index contributed by atoms with van der Waals surface area (Å²) < 4.78 is 5.19. The van der Waals surface area contributed by atoms with E-state index in [2.05, 4.69) is 52.0 Å². The van der Waals surface area contributed by atoms with Crippen LogP contribution in [0.1, 0.15) is 32.8 Å². The lowest BCUT2D eigenvalue weighted by Crippen LogP contribution is -2.43. The molecule has 0 atom stereocenters. The maximum atomic E-state index is 11.5. The van der Waals surface area contributed by atoms with Gasteiger partial charge >= 0.3 is 6.09 Å². The molecule has 1 fully saturated rings. The predicted molar refractivity (Wildman–Crippen MR) is 99.4 cm³/mol. The number of alkyl carbamates (subject to hydrolysis) is 1. The summed E-state index contributed by atoms with van der Waals surface area (Å²) >= 11 is 0. The maximum absolute atomic E-state index is 11.5. The van der Waals surface area contributed by atoms with Crippen LogP contribution in [0.5, 0.6) is 0 Å². The van der Waals surface area contributed by atoms with E-state index in [0.717, 1.165) is 32.6 Å². The number of amides is 1. The van der Waals surface area contributed by atoms with Gasteiger partial charge in [-0.3, -0.25) is 0 Å². The quantitative estimate of drug-likeness (QED) is 0.815. The van der Waals surface area contributed by atoms with Crippen LogP contribution in [0.15, 0.2) is 30.3 Å². The molecule has 0 bridgehead atoms. The van der Waals surface area contributed by atoms with E-state index in [1.807, 2.05) is 20.8 Å². The fraction of sp³-hybridized carbons (Fsp3) is 0.526. The SMILES string of the molecule is CC(C)(C)OC(=O)NCCC=Cc1ccc(N2CCNCC2)cc1. The van der Waals surface area contributed by atoms with E-state index in [-0.39, 0.29) is 6.09 Å². The van der Waals surface area contributed by atoms with Crippen molar-refractivity contribution in [3.63, 3.8) is 0 Å². The molecule has 1 aromatic carbocycles. The minimum Gasteiger partial charge on any atom is -0.444 e. The van der Waals surface area contributed by atoms with Crippen molar-refractivity contribution in [2.75, 3.05) is 37.6 Å². The van der Waals surface area contributed by atoms with Crippen LogP contribution < -0.4 is 15.5 Å². The van der Waals surface area contributed by atoms with Crippen LogP contribution in [0.4, 0.5) is 10.5 Å². The van der Waals surface area contributed by atoms with Crippen LogP contribution >= 0.6 is 0 Å². The van der Waals surface area contributed by atoms with Gasteiger partial charge in [-0.15, -0.1) is 0 Å². The van der Waals surface area contributed by atoms with Crippen molar-refractivity contribution in [3.8, 4) is 0 Å². The highest BCUT2D eigenvalue weighted by molar-refractivity contribution is 5.67. The minimum atomic E-state index is -0.452. The molecule has 0 aromatic heterocycles. The van der Waals surface area contributed by atoms with E-state index in [1.165, 1.54) is 11.3 Å². The van der Waals surface area contributed by atoms with Gasteiger partial charge in [0.15, 0.2) is 0 Å². The van der Waals surface area contributed by atoms with Gasteiger partial charge in [0, 0.05) is 38.4 Å². The number of nitrogens with one attached hydrogen (secondary N) is 2. The first-order valence-corrected chi connectivity index (χ1v) is 8.63. The number of nitrogens with zero attached hydrogens (tertiary/aromatic N) is 1. The van der Waals surface area contributed by atoms with E-state index < -0.39 is 5.60 Å². The van der Waals surface area contributed by atoms with Gasteiger partial charge in [-0.1, -0.05) is 24.3 Å². The summed E-state index contributed by atoms with van der Waals surface area (Å²) in [6.07, 6.45) is 4.56. The second-order valence-corrected chi connectivity index (χ2v) is 6.95. The number of piperazine rings is 1. The van der Waals surface area contributed by atoms with Crippen LogP contribution in [0.2, 0.25) is 0 Å². The maximum Gasteiger partial charge on any atom is 0.407 e. The molecule has 24 heavy (non-hydrogen) atoms. The molecule has 1 aliphatic rings. The number of rotatable bonds is 5. The van der Waals surface area contributed by atoms with Crippen molar-refractivity contribution in [2.45, 2.75) is 32.8 Å². The molecule has 1 heterocycles. The molecule has 5 heteroatoms. The fourth-order valence-electron chi connectivity index (χ4n) is 2.51. The number of carbonyl (C=O) groups is 1. The van der Waals surface area contributed by atoms with Crippen LogP contribution in [-0.4, -0.2) is 44.4 Å². The van der Waals surface area contributed by atoms with Gasteiger partial charge in [0.25, 0.3) is 0 Å². The standard InChI is InChI=1S/C19H29N3O2/c1-19(2,3)24-18(23)21-11-5-4-6-16-7-9-17(10-8-16)22-14-12-20-13-15-22/h4,6-10,20H,5,11-15H2,1-3H3,(H,21,23).